The van der Waals surface area contributed by atoms with E-state index in [1.807, 2.05) is 49.4 Å². The molecule has 0 radical (unpaired) electrons. The van der Waals surface area contributed by atoms with Gasteiger partial charge >= 0.3 is 0 Å². The number of sulfone groups is 1. The number of aryl methyl sites for hydroxylation is 2. The van der Waals surface area contributed by atoms with Gasteiger partial charge in [0.05, 0.1) is 4.90 Å². The quantitative estimate of drug-likeness (QED) is 0.797. The molecule has 110 valence electrons. The van der Waals surface area contributed by atoms with Crippen LogP contribution in [0.1, 0.15) is 17.5 Å². The van der Waals surface area contributed by atoms with Gasteiger partial charge in [-0.1, -0.05) is 48.0 Å². The molecule has 1 heterocycles. The van der Waals surface area contributed by atoms with E-state index in [0.717, 1.165) is 18.4 Å². The largest absolute Gasteiger partial charge is 0.352 e. The molecule has 0 unspecified atom stereocenters. The first-order valence-electron chi connectivity index (χ1n) is 7.07. The van der Waals surface area contributed by atoms with Crippen LogP contribution in [-0.2, 0) is 21.0 Å². The van der Waals surface area contributed by atoms with Crippen molar-refractivity contribution in [1.82, 2.24) is 0 Å². The van der Waals surface area contributed by atoms with Crippen LogP contribution in [0.5, 0.6) is 0 Å². The Morgan fingerprint density at radius 2 is 1.67 bits per heavy atom. The molecule has 1 aliphatic heterocycles. The first-order valence-corrected chi connectivity index (χ1v) is 8.62. The molecule has 0 amide bonds. The van der Waals surface area contributed by atoms with E-state index in [4.69, 9.17) is 4.74 Å². The lowest BCUT2D eigenvalue weighted by molar-refractivity contribution is 0.384. The summed E-state index contributed by atoms with van der Waals surface area (Å²) in [5.41, 5.74) is 1.58. The third-order valence-electron chi connectivity index (χ3n) is 3.75. The van der Waals surface area contributed by atoms with Crippen LogP contribution in [0.15, 0.2) is 59.5 Å². The van der Waals surface area contributed by atoms with Crippen LogP contribution in [0, 0.1) is 6.92 Å². The van der Waals surface area contributed by atoms with Gasteiger partial charge in [0.25, 0.3) is 0 Å². The van der Waals surface area contributed by atoms with Crippen LogP contribution in [-0.4, -0.2) is 20.0 Å². The minimum Gasteiger partial charge on any atom is -0.352 e. The van der Waals surface area contributed by atoms with Gasteiger partial charge in [0, 0.05) is 0 Å². The number of hydrogen-bond donors (Lipinski definition) is 0. The maximum Gasteiger partial charge on any atom is 0.207 e. The summed E-state index contributed by atoms with van der Waals surface area (Å²) in [6.07, 6.45) is 1.39. The Labute approximate surface area is 125 Å². The molecule has 0 aromatic heterocycles. The standard InChI is InChI=1S/C17H18O3S/c1-13-7-10-15(11-8-13)21(18,19)17-16(20-17)12-9-14-5-3-2-4-6-14/h2-8,10-11,16-17H,9,12H2,1H3/t16-,17-/m1/s1. The normalized spacial score (nSPS) is 21.2. The van der Waals surface area contributed by atoms with E-state index < -0.39 is 15.3 Å². The number of hydrogen-bond acceptors (Lipinski definition) is 3. The molecular formula is C17H18O3S. The van der Waals surface area contributed by atoms with Gasteiger partial charge in [-0.05, 0) is 37.5 Å². The van der Waals surface area contributed by atoms with Gasteiger partial charge in [-0.3, -0.25) is 0 Å². The van der Waals surface area contributed by atoms with Crippen molar-refractivity contribution in [2.24, 2.45) is 0 Å². The van der Waals surface area contributed by atoms with Crippen molar-refractivity contribution in [1.29, 1.82) is 0 Å². The smallest absolute Gasteiger partial charge is 0.207 e. The molecule has 1 fully saturated rings. The molecule has 1 aliphatic rings. The molecule has 2 aromatic carbocycles. The predicted octanol–water partition coefficient (Wildman–Crippen LogP) is 3.13. The third-order valence-corrected chi connectivity index (χ3v) is 5.71. The fraction of sp³-hybridized carbons (Fsp3) is 0.294. The average Bonchev–Trinajstić information content (AvgIpc) is 3.27. The third kappa shape index (κ3) is 3.17. The molecule has 0 bridgehead atoms. The summed E-state index contributed by atoms with van der Waals surface area (Å²) in [4.78, 5) is 0.348. The van der Waals surface area contributed by atoms with E-state index in [-0.39, 0.29) is 6.10 Å². The lowest BCUT2D eigenvalue weighted by Crippen LogP contribution is -2.11. The van der Waals surface area contributed by atoms with Crippen molar-refractivity contribution in [3.8, 4) is 0 Å². The van der Waals surface area contributed by atoms with Crippen molar-refractivity contribution in [3.63, 3.8) is 0 Å². The number of rotatable bonds is 5. The van der Waals surface area contributed by atoms with E-state index >= 15 is 0 Å². The fourth-order valence-corrected chi connectivity index (χ4v) is 4.03. The molecule has 2 aromatic rings. The zero-order valence-electron chi connectivity index (χ0n) is 11.9. The van der Waals surface area contributed by atoms with Crippen molar-refractivity contribution in [3.05, 3.63) is 65.7 Å². The highest BCUT2D eigenvalue weighted by Crippen LogP contribution is 2.35. The molecule has 0 aliphatic carbocycles. The van der Waals surface area contributed by atoms with Crippen molar-refractivity contribution >= 4 is 9.84 Å². The molecule has 0 spiro atoms. The van der Waals surface area contributed by atoms with Crippen LogP contribution in [0.3, 0.4) is 0 Å². The molecule has 3 rings (SSSR count). The Bertz CT molecular complexity index is 705. The van der Waals surface area contributed by atoms with Gasteiger partial charge in [-0.15, -0.1) is 0 Å². The SMILES string of the molecule is Cc1ccc(S(=O)(=O)[C@H]2O[C@@H]2CCc2ccccc2)cc1. The monoisotopic (exact) mass is 302 g/mol. The van der Waals surface area contributed by atoms with Gasteiger partial charge in [0.1, 0.15) is 6.10 Å². The lowest BCUT2D eigenvalue weighted by Gasteiger charge is -2.02. The summed E-state index contributed by atoms with van der Waals surface area (Å²) in [5.74, 6) is 0. The van der Waals surface area contributed by atoms with Crippen LogP contribution in [0.4, 0.5) is 0 Å². The van der Waals surface area contributed by atoms with E-state index in [2.05, 4.69) is 0 Å². The van der Waals surface area contributed by atoms with E-state index in [9.17, 15) is 8.42 Å². The van der Waals surface area contributed by atoms with Gasteiger partial charge in [-0.25, -0.2) is 8.42 Å². The summed E-state index contributed by atoms with van der Waals surface area (Å²) in [7, 11) is -3.36. The number of epoxide rings is 1. The first kappa shape index (κ1) is 14.3. The summed E-state index contributed by atoms with van der Waals surface area (Å²) in [5, 5.41) is 0. The maximum atomic E-state index is 12.4. The molecule has 0 saturated carbocycles. The Hall–Kier alpha value is -1.65. The molecular weight excluding hydrogens is 284 g/mol. The molecule has 2 atom stereocenters. The second kappa shape index (κ2) is 5.62. The van der Waals surface area contributed by atoms with Crippen LogP contribution in [0.25, 0.3) is 0 Å². The second-order valence-corrected chi connectivity index (χ2v) is 7.45. The van der Waals surface area contributed by atoms with Gasteiger partial charge in [-0.2, -0.15) is 0 Å². The molecule has 4 heteroatoms. The zero-order chi connectivity index (χ0) is 14.9. The Morgan fingerprint density at radius 3 is 2.33 bits per heavy atom. The molecule has 21 heavy (non-hydrogen) atoms. The molecule has 1 saturated heterocycles. The zero-order valence-corrected chi connectivity index (χ0v) is 12.7. The van der Waals surface area contributed by atoms with Crippen molar-refractivity contribution < 1.29 is 13.2 Å². The molecule has 3 nitrogen and oxygen atoms in total. The van der Waals surface area contributed by atoms with Gasteiger partial charge in [0.2, 0.25) is 9.84 Å². The Morgan fingerprint density at radius 1 is 1.00 bits per heavy atom. The maximum absolute atomic E-state index is 12.4. The minimum absolute atomic E-state index is 0.184. The second-order valence-electron chi connectivity index (χ2n) is 5.43. The Kier molecular flexibility index (Phi) is 3.83. The summed E-state index contributed by atoms with van der Waals surface area (Å²) in [6.45, 7) is 1.94. The van der Waals surface area contributed by atoms with E-state index in [0.29, 0.717) is 4.90 Å². The first-order chi connectivity index (χ1) is 10.1. The fourth-order valence-electron chi connectivity index (χ4n) is 2.42. The van der Waals surface area contributed by atoms with Crippen LogP contribution in [0.2, 0.25) is 0 Å². The summed E-state index contributed by atoms with van der Waals surface area (Å²) in [6, 6.07) is 17.0. The summed E-state index contributed by atoms with van der Waals surface area (Å²) >= 11 is 0. The lowest BCUT2D eigenvalue weighted by atomic mass is 10.1. The predicted molar refractivity (Wildman–Crippen MR) is 81.8 cm³/mol. The highest BCUT2D eigenvalue weighted by Gasteiger charge is 2.49. The highest BCUT2D eigenvalue weighted by atomic mass is 32.2. The van der Waals surface area contributed by atoms with Crippen LogP contribution < -0.4 is 0 Å². The highest BCUT2D eigenvalue weighted by molar-refractivity contribution is 7.92. The Balaban J connectivity index is 1.63. The van der Waals surface area contributed by atoms with Crippen LogP contribution >= 0.6 is 0 Å². The van der Waals surface area contributed by atoms with E-state index in [1.54, 1.807) is 12.1 Å². The van der Waals surface area contributed by atoms with Gasteiger partial charge < -0.3 is 4.74 Å². The topological polar surface area (TPSA) is 46.7 Å². The number of ether oxygens (including phenoxy) is 1. The van der Waals surface area contributed by atoms with Crippen molar-refractivity contribution in [2.75, 3.05) is 0 Å². The van der Waals surface area contributed by atoms with Gasteiger partial charge in [0.15, 0.2) is 5.44 Å². The number of benzene rings is 2. The van der Waals surface area contributed by atoms with E-state index in [1.165, 1.54) is 5.56 Å². The average molecular weight is 302 g/mol. The van der Waals surface area contributed by atoms with Crippen molar-refractivity contribution in [2.45, 2.75) is 36.2 Å². The summed E-state index contributed by atoms with van der Waals surface area (Å²) < 4.78 is 30.2. The molecule has 0 N–H and O–H groups in total. The minimum atomic E-state index is -3.36.